The number of rotatable bonds is 4. The molecule has 7 heteroatoms. The predicted octanol–water partition coefficient (Wildman–Crippen LogP) is 2.24. The van der Waals surface area contributed by atoms with Gasteiger partial charge >= 0.3 is 0 Å². The maximum Gasteiger partial charge on any atom is 0.260 e. The van der Waals surface area contributed by atoms with Crippen LogP contribution in [-0.2, 0) is 11.3 Å². The maximum atomic E-state index is 12.6. The van der Waals surface area contributed by atoms with Gasteiger partial charge in [0.2, 0.25) is 0 Å². The molecule has 1 fully saturated rings. The number of nitrogens with zero attached hydrogens (tertiary/aromatic N) is 2. The van der Waals surface area contributed by atoms with Crippen LogP contribution in [0.5, 0.6) is 0 Å². The highest BCUT2D eigenvalue weighted by Crippen LogP contribution is 2.17. The van der Waals surface area contributed by atoms with Crippen LogP contribution in [0.15, 0.2) is 41.6 Å². The van der Waals surface area contributed by atoms with Crippen molar-refractivity contribution in [3.8, 4) is 0 Å². The van der Waals surface area contributed by atoms with Crippen LogP contribution in [0.25, 0.3) is 0 Å². The number of aromatic amines is 1. The average molecular weight is 348 g/mol. The van der Waals surface area contributed by atoms with Gasteiger partial charge in [0.05, 0.1) is 17.7 Å². The second-order valence-corrected chi connectivity index (χ2v) is 6.18. The highest BCUT2D eigenvalue weighted by atomic mass is 35.5. The zero-order valence-electron chi connectivity index (χ0n) is 13.1. The molecule has 0 radical (unpaired) electrons. The molecule has 0 saturated carbocycles. The van der Waals surface area contributed by atoms with E-state index in [0.29, 0.717) is 24.7 Å². The number of nitrogens with one attached hydrogen (secondary N) is 1. The lowest BCUT2D eigenvalue weighted by Gasteiger charge is -2.32. The van der Waals surface area contributed by atoms with E-state index in [-0.39, 0.29) is 17.6 Å². The third kappa shape index (κ3) is 4.01. The number of hydrogen-bond donors (Lipinski definition) is 1. The molecule has 1 unspecified atom stereocenters. The van der Waals surface area contributed by atoms with Crippen molar-refractivity contribution in [3.63, 3.8) is 0 Å². The van der Waals surface area contributed by atoms with Crippen molar-refractivity contribution in [1.82, 2.24) is 14.9 Å². The minimum atomic E-state index is -0.428. The Bertz CT molecular complexity index is 763. The first-order valence-corrected chi connectivity index (χ1v) is 8.19. The van der Waals surface area contributed by atoms with Gasteiger partial charge in [0.25, 0.3) is 11.5 Å². The summed E-state index contributed by atoms with van der Waals surface area (Å²) in [6.45, 7) is 1.53. The van der Waals surface area contributed by atoms with Crippen LogP contribution < -0.4 is 5.56 Å². The van der Waals surface area contributed by atoms with Crippen LogP contribution in [0.4, 0.5) is 0 Å². The van der Waals surface area contributed by atoms with Crippen molar-refractivity contribution in [1.29, 1.82) is 0 Å². The zero-order chi connectivity index (χ0) is 16.9. The number of carbonyl (C=O) groups is 1. The quantitative estimate of drug-likeness (QED) is 0.920. The Labute approximate surface area is 144 Å². The van der Waals surface area contributed by atoms with E-state index in [1.54, 1.807) is 17.3 Å². The highest BCUT2D eigenvalue weighted by Gasteiger charge is 2.26. The minimum absolute atomic E-state index is 0.0545. The standard InChI is InChI=1S/C17H18ClN3O3/c18-13-7-15(16(22)20-9-13)17(23)21-6-2-4-14(10-21)24-11-12-3-1-5-19-8-12/h1,3,5,7-9,14H,2,4,6,10-11H2,(H,20,22). The zero-order valence-corrected chi connectivity index (χ0v) is 13.8. The fourth-order valence-corrected chi connectivity index (χ4v) is 2.91. The monoisotopic (exact) mass is 347 g/mol. The average Bonchev–Trinajstić information content (AvgIpc) is 2.62. The predicted molar refractivity (Wildman–Crippen MR) is 90.0 cm³/mol. The highest BCUT2D eigenvalue weighted by molar-refractivity contribution is 6.30. The Balaban J connectivity index is 1.63. The molecule has 1 saturated heterocycles. The number of hydrogen-bond acceptors (Lipinski definition) is 4. The van der Waals surface area contributed by atoms with Crippen molar-refractivity contribution in [2.75, 3.05) is 13.1 Å². The summed E-state index contributed by atoms with van der Waals surface area (Å²) in [5.41, 5.74) is 0.630. The van der Waals surface area contributed by atoms with Crippen molar-refractivity contribution in [3.05, 3.63) is 63.3 Å². The molecule has 1 atom stereocenters. The molecule has 0 aliphatic carbocycles. The fourth-order valence-electron chi connectivity index (χ4n) is 2.74. The molecule has 0 spiro atoms. The van der Waals surface area contributed by atoms with E-state index in [1.807, 2.05) is 12.1 Å². The number of carbonyl (C=O) groups excluding carboxylic acids is 1. The van der Waals surface area contributed by atoms with E-state index < -0.39 is 5.56 Å². The number of halogens is 1. The summed E-state index contributed by atoms with van der Waals surface area (Å²) < 4.78 is 5.89. The van der Waals surface area contributed by atoms with Gasteiger partial charge in [-0.25, -0.2) is 0 Å². The van der Waals surface area contributed by atoms with Gasteiger partial charge in [0, 0.05) is 31.7 Å². The van der Waals surface area contributed by atoms with Crippen LogP contribution in [0.1, 0.15) is 28.8 Å². The van der Waals surface area contributed by atoms with E-state index >= 15 is 0 Å². The fraction of sp³-hybridized carbons (Fsp3) is 0.353. The summed E-state index contributed by atoms with van der Waals surface area (Å²) in [5.74, 6) is -0.312. The Kier molecular flexibility index (Phi) is 5.27. The number of likely N-dealkylation sites (tertiary alicyclic amines) is 1. The van der Waals surface area contributed by atoms with Crippen molar-refractivity contribution >= 4 is 17.5 Å². The molecule has 3 heterocycles. The summed E-state index contributed by atoms with van der Waals surface area (Å²) in [6, 6.07) is 5.22. The molecule has 0 bridgehead atoms. The normalized spacial score (nSPS) is 17.7. The molecule has 2 aromatic heterocycles. The van der Waals surface area contributed by atoms with Crippen LogP contribution in [0.2, 0.25) is 5.02 Å². The van der Waals surface area contributed by atoms with Gasteiger partial charge in [-0.15, -0.1) is 0 Å². The van der Waals surface area contributed by atoms with Gasteiger partial charge in [0.1, 0.15) is 5.56 Å². The van der Waals surface area contributed by atoms with Gasteiger partial charge in [-0.3, -0.25) is 14.6 Å². The lowest BCUT2D eigenvalue weighted by atomic mass is 10.1. The molecule has 126 valence electrons. The lowest BCUT2D eigenvalue weighted by Crippen LogP contribution is -2.44. The van der Waals surface area contributed by atoms with Crippen LogP contribution >= 0.6 is 11.6 Å². The Morgan fingerprint density at radius 3 is 3.17 bits per heavy atom. The van der Waals surface area contributed by atoms with Gasteiger partial charge in [-0.05, 0) is 30.5 Å². The Hall–Kier alpha value is -2.18. The van der Waals surface area contributed by atoms with E-state index in [2.05, 4.69) is 9.97 Å². The number of ether oxygens (including phenoxy) is 1. The van der Waals surface area contributed by atoms with Gasteiger partial charge < -0.3 is 14.6 Å². The number of pyridine rings is 2. The molecule has 1 aliphatic rings. The van der Waals surface area contributed by atoms with Gasteiger partial charge in [-0.2, -0.15) is 0 Å². The summed E-state index contributed by atoms with van der Waals surface area (Å²) in [4.78, 5) is 32.6. The van der Waals surface area contributed by atoms with Crippen molar-refractivity contribution in [2.45, 2.75) is 25.6 Å². The molecule has 1 amide bonds. The third-order valence-corrected chi connectivity index (χ3v) is 4.19. The molecule has 1 N–H and O–H groups in total. The summed E-state index contributed by atoms with van der Waals surface area (Å²) in [5, 5.41) is 0.333. The SMILES string of the molecule is O=C(c1cc(Cl)c[nH]c1=O)N1CCCC(OCc2cccnc2)C1. The minimum Gasteiger partial charge on any atom is -0.372 e. The smallest absolute Gasteiger partial charge is 0.260 e. The summed E-state index contributed by atoms with van der Waals surface area (Å²) in [7, 11) is 0. The van der Waals surface area contributed by atoms with Crippen molar-refractivity contribution < 1.29 is 9.53 Å². The maximum absolute atomic E-state index is 12.6. The molecule has 1 aliphatic heterocycles. The molecule has 0 aromatic carbocycles. The summed E-state index contributed by atoms with van der Waals surface area (Å²) in [6.07, 6.45) is 6.51. The molecular formula is C17H18ClN3O3. The third-order valence-electron chi connectivity index (χ3n) is 3.97. The number of amides is 1. The van der Waals surface area contributed by atoms with E-state index in [4.69, 9.17) is 16.3 Å². The van der Waals surface area contributed by atoms with E-state index in [0.717, 1.165) is 18.4 Å². The van der Waals surface area contributed by atoms with Crippen LogP contribution in [0, 0.1) is 0 Å². The first-order chi connectivity index (χ1) is 11.6. The van der Waals surface area contributed by atoms with Crippen molar-refractivity contribution in [2.24, 2.45) is 0 Å². The lowest BCUT2D eigenvalue weighted by molar-refractivity contribution is -0.00686. The molecule has 24 heavy (non-hydrogen) atoms. The Morgan fingerprint density at radius 1 is 1.50 bits per heavy atom. The first-order valence-electron chi connectivity index (χ1n) is 7.81. The van der Waals surface area contributed by atoms with Gasteiger partial charge in [-0.1, -0.05) is 17.7 Å². The topological polar surface area (TPSA) is 75.3 Å². The van der Waals surface area contributed by atoms with Crippen LogP contribution in [0.3, 0.4) is 0 Å². The number of H-pyrrole nitrogens is 1. The molecular weight excluding hydrogens is 330 g/mol. The van der Waals surface area contributed by atoms with E-state index in [1.165, 1.54) is 12.3 Å². The summed E-state index contributed by atoms with van der Waals surface area (Å²) >= 11 is 5.87. The first kappa shape index (κ1) is 16.7. The second-order valence-electron chi connectivity index (χ2n) is 5.75. The van der Waals surface area contributed by atoms with Crippen LogP contribution in [-0.4, -0.2) is 40.0 Å². The second kappa shape index (κ2) is 7.59. The molecule has 3 rings (SSSR count). The largest absolute Gasteiger partial charge is 0.372 e. The van der Waals surface area contributed by atoms with Gasteiger partial charge in [0.15, 0.2) is 0 Å². The van der Waals surface area contributed by atoms with E-state index in [9.17, 15) is 9.59 Å². The Morgan fingerprint density at radius 2 is 2.38 bits per heavy atom. The molecule has 2 aromatic rings. The molecule has 6 nitrogen and oxygen atoms in total. The number of aromatic nitrogens is 2. The number of piperidine rings is 1.